The zero-order valence-electron chi connectivity index (χ0n) is 26.1. The lowest BCUT2D eigenvalue weighted by atomic mass is 9.77. The molecule has 1 aromatic carbocycles. The minimum Gasteiger partial charge on any atom is -0.504 e. The van der Waals surface area contributed by atoms with E-state index in [2.05, 4.69) is 39.7 Å². The van der Waals surface area contributed by atoms with Crippen LogP contribution in [0.3, 0.4) is 0 Å². The summed E-state index contributed by atoms with van der Waals surface area (Å²) in [5.41, 5.74) is 6.83. The van der Waals surface area contributed by atoms with Gasteiger partial charge in [0.15, 0.2) is 17.5 Å². The number of carbonyl (C=O) groups is 1. The van der Waals surface area contributed by atoms with Gasteiger partial charge in [0.25, 0.3) is 0 Å². The average molecular weight is 602 g/mol. The zero-order valence-corrected chi connectivity index (χ0v) is 26.1. The number of phenolic OH excluding ortho intramolecular Hbond substituents is 1. The maximum absolute atomic E-state index is 12.1. The number of aromatic hydroxyl groups is 1. The Bertz CT molecular complexity index is 1150. The highest BCUT2D eigenvalue weighted by atomic mass is 16.5. The van der Waals surface area contributed by atoms with Gasteiger partial charge in [0.1, 0.15) is 12.2 Å². The Morgan fingerprint density at radius 1 is 1.28 bits per heavy atom. The molecule has 11 nitrogen and oxygen atoms in total. The van der Waals surface area contributed by atoms with E-state index in [-0.39, 0.29) is 36.8 Å². The molecule has 1 fully saturated rings. The predicted molar refractivity (Wildman–Crippen MR) is 167 cm³/mol. The summed E-state index contributed by atoms with van der Waals surface area (Å²) >= 11 is 0. The van der Waals surface area contributed by atoms with Gasteiger partial charge in [-0.3, -0.25) is 9.79 Å². The van der Waals surface area contributed by atoms with Crippen LogP contribution in [0.4, 0.5) is 0 Å². The molecule has 6 atom stereocenters. The van der Waals surface area contributed by atoms with E-state index < -0.39 is 23.6 Å². The Morgan fingerprint density at radius 3 is 2.74 bits per heavy atom. The standard InChI is InChI=1S/C32H51N5O6/c1-5-32(20-37-31(33)35-4)10-6-7-22(29(42-21(2)39)17-26(40)8-11-32)13-23-15-30(28(41)14-24(23)19-38)43-27-9-12-36-25(16-27)18-34-3/h14-15,22,25-27,29,34,36,38,40-41H,5,7-9,11-13,16-20H2,1-4H3,(H3,33,35,37). The molecule has 0 amide bonds. The summed E-state index contributed by atoms with van der Waals surface area (Å²) in [7, 11) is 3.54. The van der Waals surface area contributed by atoms with Gasteiger partial charge in [0.05, 0.1) is 12.7 Å². The van der Waals surface area contributed by atoms with Gasteiger partial charge >= 0.3 is 5.97 Å². The third-order valence-corrected chi connectivity index (χ3v) is 8.67. The molecule has 0 saturated carbocycles. The number of benzene rings is 1. The fourth-order valence-corrected chi connectivity index (χ4v) is 6.03. The van der Waals surface area contributed by atoms with Gasteiger partial charge < -0.3 is 46.5 Å². The molecule has 240 valence electrons. The van der Waals surface area contributed by atoms with Crippen LogP contribution in [0, 0.1) is 23.2 Å². The van der Waals surface area contributed by atoms with Gasteiger partial charge in [-0.25, -0.2) is 0 Å². The molecule has 8 N–H and O–H groups in total. The summed E-state index contributed by atoms with van der Waals surface area (Å²) in [5, 5.41) is 41.9. The van der Waals surface area contributed by atoms with Gasteiger partial charge in [-0.2, -0.15) is 0 Å². The average Bonchev–Trinajstić information content (AvgIpc) is 2.98. The molecule has 43 heavy (non-hydrogen) atoms. The van der Waals surface area contributed by atoms with E-state index in [1.54, 1.807) is 19.2 Å². The van der Waals surface area contributed by atoms with Crippen molar-refractivity contribution in [1.29, 1.82) is 0 Å². The molecular formula is C32H51N5O6. The maximum atomic E-state index is 12.1. The number of carbonyl (C=O) groups excluding carboxylic acids is 1. The highest BCUT2D eigenvalue weighted by Crippen LogP contribution is 2.36. The SMILES string of the molecule is CCC1(CNC(N)=NC)C#CCC(Cc2cc(OC3CCNC(CNC)C3)c(O)cc2CO)C(OC(C)=O)CC(O)CC1. The first-order valence-corrected chi connectivity index (χ1v) is 15.4. The minimum absolute atomic E-state index is 0.0238. The maximum Gasteiger partial charge on any atom is 0.302 e. The molecule has 1 heterocycles. The molecule has 0 bridgehead atoms. The Kier molecular flexibility index (Phi) is 13.4. The summed E-state index contributed by atoms with van der Waals surface area (Å²) in [6, 6.07) is 3.61. The van der Waals surface area contributed by atoms with E-state index in [4.69, 9.17) is 15.2 Å². The van der Waals surface area contributed by atoms with Gasteiger partial charge in [0, 0.05) is 63.7 Å². The molecule has 3 rings (SSSR count). The lowest BCUT2D eigenvalue weighted by Gasteiger charge is -2.33. The number of aliphatic hydroxyl groups is 2. The van der Waals surface area contributed by atoms with Crippen molar-refractivity contribution in [2.24, 2.45) is 22.1 Å². The number of nitrogens with two attached hydrogens (primary N) is 1. The summed E-state index contributed by atoms with van der Waals surface area (Å²) in [5.74, 6) is 6.82. The van der Waals surface area contributed by atoms with Crippen molar-refractivity contribution in [2.75, 3.05) is 33.7 Å². The number of nitrogens with one attached hydrogen (secondary N) is 3. The first-order chi connectivity index (χ1) is 20.6. The van der Waals surface area contributed by atoms with Crippen LogP contribution >= 0.6 is 0 Å². The number of rotatable bonds is 11. The fourth-order valence-electron chi connectivity index (χ4n) is 6.03. The van der Waals surface area contributed by atoms with Crippen molar-refractivity contribution in [2.45, 2.75) is 96.2 Å². The van der Waals surface area contributed by atoms with Crippen molar-refractivity contribution in [1.82, 2.24) is 16.0 Å². The van der Waals surface area contributed by atoms with Crippen LogP contribution in [0.1, 0.15) is 69.9 Å². The van der Waals surface area contributed by atoms with E-state index in [1.165, 1.54) is 6.92 Å². The molecule has 0 spiro atoms. The molecule has 1 aromatic rings. The summed E-state index contributed by atoms with van der Waals surface area (Å²) in [6.07, 6.45) is 3.26. The van der Waals surface area contributed by atoms with Gasteiger partial charge in [-0.15, -0.1) is 5.92 Å². The third kappa shape index (κ3) is 10.3. The fraction of sp³-hybridized carbons (Fsp3) is 0.688. The number of esters is 1. The third-order valence-electron chi connectivity index (χ3n) is 8.67. The quantitative estimate of drug-likeness (QED) is 0.0855. The van der Waals surface area contributed by atoms with Gasteiger partial charge in [-0.1, -0.05) is 12.8 Å². The Balaban J connectivity index is 1.92. The molecule has 1 aliphatic heterocycles. The van der Waals surface area contributed by atoms with Crippen molar-refractivity contribution in [3.05, 3.63) is 23.3 Å². The molecule has 1 saturated heterocycles. The Labute approximate surface area is 256 Å². The number of phenols is 1. The van der Waals surface area contributed by atoms with Crippen LogP contribution in [0.5, 0.6) is 11.5 Å². The number of aliphatic hydroxyl groups excluding tert-OH is 2. The Morgan fingerprint density at radius 2 is 2.07 bits per heavy atom. The number of hydrogen-bond donors (Lipinski definition) is 7. The number of nitrogens with zero attached hydrogens (tertiary/aromatic N) is 1. The number of guanidine groups is 1. The van der Waals surface area contributed by atoms with E-state index >= 15 is 0 Å². The van der Waals surface area contributed by atoms with Crippen molar-refractivity contribution in [3.8, 4) is 23.3 Å². The molecule has 6 unspecified atom stereocenters. The second kappa shape index (κ2) is 16.7. The van der Waals surface area contributed by atoms with Crippen molar-refractivity contribution < 1.29 is 29.6 Å². The zero-order chi connectivity index (χ0) is 31.4. The van der Waals surface area contributed by atoms with E-state index in [1.807, 2.05) is 7.05 Å². The highest BCUT2D eigenvalue weighted by molar-refractivity contribution is 5.77. The van der Waals surface area contributed by atoms with E-state index in [0.29, 0.717) is 49.5 Å². The molecule has 0 aromatic heterocycles. The van der Waals surface area contributed by atoms with E-state index in [0.717, 1.165) is 37.9 Å². The molecule has 2 aliphatic rings. The smallest absolute Gasteiger partial charge is 0.302 e. The highest BCUT2D eigenvalue weighted by Gasteiger charge is 2.33. The van der Waals surface area contributed by atoms with Crippen LogP contribution in [0.2, 0.25) is 0 Å². The second-order valence-electron chi connectivity index (χ2n) is 11.9. The van der Waals surface area contributed by atoms with Crippen LogP contribution in [0.25, 0.3) is 0 Å². The van der Waals surface area contributed by atoms with Crippen molar-refractivity contribution in [3.63, 3.8) is 0 Å². The second-order valence-corrected chi connectivity index (χ2v) is 11.9. The molecule has 1 aliphatic carbocycles. The van der Waals surface area contributed by atoms with Gasteiger partial charge in [-0.05, 0) is 69.0 Å². The topological polar surface area (TPSA) is 171 Å². The number of piperidine rings is 1. The first kappa shape index (κ1) is 34.5. The number of hydrogen-bond acceptors (Lipinski definition) is 9. The summed E-state index contributed by atoms with van der Waals surface area (Å²) in [4.78, 5) is 16.1. The number of likely N-dealkylation sites (N-methyl/N-ethyl adjacent to an activating group) is 1. The lowest BCUT2D eigenvalue weighted by molar-refractivity contribution is -0.151. The first-order valence-electron chi connectivity index (χ1n) is 15.4. The minimum atomic E-state index is -0.698. The van der Waals surface area contributed by atoms with Crippen LogP contribution in [-0.4, -0.2) is 85.3 Å². The lowest BCUT2D eigenvalue weighted by Crippen LogP contribution is -2.46. The Hall–Kier alpha value is -3.04. The largest absolute Gasteiger partial charge is 0.504 e. The van der Waals surface area contributed by atoms with Crippen LogP contribution in [0.15, 0.2) is 17.1 Å². The monoisotopic (exact) mass is 601 g/mol. The molecule has 0 radical (unpaired) electrons. The number of ether oxygens (including phenoxy) is 2. The summed E-state index contributed by atoms with van der Waals surface area (Å²) in [6.45, 7) is 5.31. The number of aliphatic imine (C=N–C) groups is 1. The molecule has 11 heteroatoms. The van der Waals surface area contributed by atoms with Crippen LogP contribution < -0.4 is 26.4 Å². The normalized spacial score (nSPS) is 28.3. The van der Waals surface area contributed by atoms with Crippen molar-refractivity contribution >= 4 is 11.9 Å². The van der Waals surface area contributed by atoms with E-state index in [9.17, 15) is 20.1 Å². The molecular weight excluding hydrogens is 550 g/mol. The summed E-state index contributed by atoms with van der Waals surface area (Å²) < 4.78 is 12.1. The predicted octanol–water partition coefficient (Wildman–Crippen LogP) is 1.56. The van der Waals surface area contributed by atoms with Crippen LogP contribution in [-0.2, 0) is 22.6 Å². The van der Waals surface area contributed by atoms with Gasteiger partial charge in [0.2, 0.25) is 0 Å².